The number of aromatic hydroxyl groups is 1. The minimum absolute atomic E-state index is 0.0812. The Kier molecular flexibility index (Phi) is 5.13. The van der Waals surface area contributed by atoms with Crippen LogP contribution in [0.25, 0.3) is 10.6 Å². The average Bonchev–Trinajstić information content (AvgIpc) is 3.04. The molecule has 0 aliphatic heterocycles. The summed E-state index contributed by atoms with van der Waals surface area (Å²) in [6, 6.07) is 7.06. The number of halogens is 3. The molecule has 0 saturated carbocycles. The van der Waals surface area contributed by atoms with Crippen molar-refractivity contribution in [1.82, 2.24) is 4.98 Å². The van der Waals surface area contributed by atoms with Crippen molar-refractivity contribution in [2.75, 3.05) is 4.72 Å². The summed E-state index contributed by atoms with van der Waals surface area (Å²) < 4.78 is 27.5. The number of sulfonamides is 1. The predicted molar refractivity (Wildman–Crippen MR) is 101 cm³/mol. The molecular weight excluding hydrogens is 427 g/mol. The van der Waals surface area contributed by atoms with Gasteiger partial charge in [-0.1, -0.05) is 34.8 Å². The molecule has 10 heteroatoms. The number of nitrogens with zero attached hydrogens (tertiary/aromatic N) is 1. The van der Waals surface area contributed by atoms with Gasteiger partial charge in [0.25, 0.3) is 10.0 Å². The summed E-state index contributed by atoms with van der Waals surface area (Å²) in [5.74, 6) is -0.583. The second-order valence-electron chi connectivity index (χ2n) is 4.91. The highest BCUT2D eigenvalue weighted by Crippen LogP contribution is 2.36. The van der Waals surface area contributed by atoms with E-state index in [-0.39, 0.29) is 15.7 Å². The van der Waals surface area contributed by atoms with Crippen LogP contribution in [0.5, 0.6) is 5.75 Å². The summed E-state index contributed by atoms with van der Waals surface area (Å²) >= 11 is 19.1. The molecule has 0 atom stereocenters. The van der Waals surface area contributed by atoms with Crippen LogP contribution in [0.2, 0.25) is 15.1 Å². The Morgan fingerprint density at radius 3 is 2.44 bits per heavy atom. The Bertz CT molecular complexity index is 1040. The van der Waals surface area contributed by atoms with Gasteiger partial charge >= 0.3 is 0 Å². The number of phenolic OH excluding ortho intramolecular Hbond substituents is 1. The maximum absolute atomic E-state index is 12.6. The fourth-order valence-corrected chi connectivity index (χ4v) is 4.76. The van der Waals surface area contributed by atoms with Gasteiger partial charge in [-0.15, -0.1) is 11.3 Å². The molecule has 0 unspecified atom stereocenters. The molecule has 3 aromatic rings. The molecule has 2 N–H and O–H groups in total. The molecule has 0 fully saturated rings. The summed E-state index contributed by atoms with van der Waals surface area (Å²) in [6.45, 7) is 0. The number of hydrogen-bond donors (Lipinski definition) is 2. The normalized spacial score (nSPS) is 11.5. The third-order valence-electron chi connectivity index (χ3n) is 3.11. The number of nitrogens with one attached hydrogen (secondary N) is 1. The summed E-state index contributed by atoms with van der Waals surface area (Å²) in [4.78, 5) is 3.74. The van der Waals surface area contributed by atoms with Gasteiger partial charge in [0, 0.05) is 27.2 Å². The van der Waals surface area contributed by atoms with Crippen molar-refractivity contribution in [3.05, 3.63) is 57.0 Å². The third kappa shape index (κ3) is 4.02. The fourth-order valence-electron chi connectivity index (χ4n) is 2.10. The van der Waals surface area contributed by atoms with E-state index in [0.29, 0.717) is 15.6 Å². The van der Waals surface area contributed by atoms with Crippen molar-refractivity contribution >= 4 is 61.9 Å². The first-order chi connectivity index (χ1) is 11.8. The lowest BCUT2D eigenvalue weighted by molar-refractivity contribution is 0.459. The van der Waals surface area contributed by atoms with E-state index in [1.807, 2.05) is 0 Å². The number of aromatic nitrogens is 1. The number of thiazole rings is 1. The van der Waals surface area contributed by atoms with E-state index in [2.05, 4.69) is 9.71 Å². The second kappa shape index (κ2) is 7.01. The van der Waals surface area contributed by atoms with E-state index in [1.165, 1.54) is 23.5 Å². The van der Waals surface area contributed by atoms with Crippen molar-refractivity contribution in [2.45, 2.75) is 4.90 Å². The van der Waals surface area contributed by atoms with E-state index >= 15 is 0 Å². The van der Waals surface area contributed by atoms with Crippen LogP contribution in [0.15, 0.2) is 46.8 Å². The molecule has 25 heavy (non-hydrogen) atoms. The molecule has 3 rings (SSSR count). The van der Waals surface area contributed by atoms with Crippen LogP contribution in [0.1, 0.15) is 0 Å². The number of hydrogen-bond acceptors (Lipinski definition) is 5. The highest BCUT2D eigenvalue weighted by molar-refractivity contribution is 7.92. The maximum Gasteiger partial charge on any atom is 0.265 e. The van der Waals surface area contributed by atoms with Gasteiger partial charge in [-0.2, -0.15) is 0 Å². The van der Waals surface area contributed by atoms with E-state index in [0.717, 1.165) is 6.07 Å². The van der Waals surface area contributed by atoms with Gasteiger partial charge in [-0.25, -0.2) is 13.4 Å². The molecule has 0 spiro atoms. The summed E-state index contributed by atoms with van der Waals surface area (Å²) in [5, 5.41) is 12.7. The maximum atomic E-state index is 12.6. The van der Waals surface area contributed by atoms with Crippen LogP contribution < -0.4 is 4.72 Å². The van der Waals surface area contributed by atoms with Gasteiger partial charge in [0.1, 0.15) is 9.90 Å². The van der Waals surface area contributed by atoms with Gasteiger partial charge in [0.05, 0.1) is 10.7 Å². The Hall–Kier alpha value is -1.51. The van der Waals surface area contributed by atoms with Crippen LogP contribution in [-0.4, -0.2) is 18.5 Å². The topological polar surface area (TPSA) is 79.3 Å². The van der Waals surface area contributed by atoms with Gasteiger partial charge in [-0.05, 0) is 30.3 Å². The lowest BCUT2D eigenvalue weighted by Crippen LogP contribution is -2.13. The molecule has 130 valence electrons. The summed E-state index contributed by atoms with van der Waals surface area (Å²) in [7, 11) is -4.14. The largest absolute Gasteiger partial charge is 0.505 e. The zero-order valence-electron chi connectivity index (χ0n) is 12.2. The average molecular weight is 436 g/mol. The van der Waals surface area contributed by atoms with Crippen LogP contribution in [-0.2, 0) is 10.0 Å². The van der Waals surface area contributed by atoms with Gasteiger partial charge in [0.2, 0.25) is 0 Å². The predicted octanol–water partition coefficient (Wildman–Crippen LogP) is 5.28. The molecule has 0 amide bonds. The molecular formula is C15H9Cl3N2O3S2. The lowest BCUT2D eigenvalue weighted by Gasteiger charge is -2.12. The van der Waals surface area contributed by atoms with E-state index < -0.39 is 20.7 Å². The van der Waals surface area contributed by atoms with E-state index in [1.54, 1.807) is 23.7 Å². The summed E-state index contributed by atoms with van der Waals surface area (Å²) in [5.41, 5.74) is 0.877. The monoisotopic (exact) mass is 434 g/mol. The van der Waals surface area contributed by atoms with E-state index in [9.17, 15) is 13.5 Å². The molecule has 5 nitrogen and oxygen atoms in total. The zero-order valence-corrected chi connectivity index (χ0v) is 16.1. The van der Waals surface area contributed by atoms with Crippen molar-refractivity contribution < 1.29 is 13.5 Å². The second-order valence-corrected chi connectivity index (χ2v) is 8.73. The molecule has 2 aromatic carbocycles. The lowest BCUT2D eigenvalue weighted by atomic mass is 10.2. The Morgan fingerprint density at radius 2 is 1.76 bits per heavy atom. The fraction of sp³-hybridized carbons (Fsp3) is 0. The standard InChI is InChI=1S/C15H9Cl3N2O3S2/c16-9-3-8(15-19-1-2-24-15)4-11(5-9)20-25(22,23)13-7-10(17)6-12(18)14(13)21/h1-7,20-21H. The molecule has 1 aromatic heterocycles. The van der Waals surface area contributed by atoms with Crippen LogP contribution in [0, 0.1) is 0 Å². The zero-order chi connectivity index (χ0) is 18.2. The van der Waals surface area contributed by atoms with Crippen molar-refractivity contribution in [1.29, 1.82) is 0 Å². The van der Waals surface area contributed by atoms with Crippen LogP contribution >= 0.6 is 46.1 Å². The number of phenols is 1. The number of benzene rings is 2. The first kappa shape index (κ1) is 18.3. The Labute approximate surface area is 162 Å². The van der Waals surface area contributed by atoms with Crippen molar-refractivity contribution in [2.24, 2.45) is 0 Å². The molecule has 0 bridgehead atoms. The van der Waals surface area contributed by atoms with Gasteiger partial charge in [0.15, 0.2) is 5.75 Å². The highest BCUT2D eigenvalue weighted by atomic mass is 35.5. The molecule has 0 radical (unpaired) electrons. The van der Waals surface area contributed by atoms with Gasteiger partial charge < -0.3 is 5.11 Å². The molecule has 1 heterocycles. The molecule has 0 aliphatic rings. The summed E-state index contributed by atoms with van der Waals surface area (Å²) in [6.07, 6.45) is 1.64. The smallest absolute Gasteiger partial charge is 0.265 e. The third-order valence-corrected chi connectivity index (χ3v) is 6.05. The van der Waals surface area contributed by atoms with Crippen LogP contribution in [0.3, 0.4) is 0 Å². The van der Waals surface area contributed by atoms with Crippen molar-refractivity contribution in [3.63, 3.8) is 0 Å². The first-order valence-electron chi connectivity index (χ1n) is 6.67. The molecule has 0 aliphatic carbocycles. The minimum Gasteiger partial charge on any atom is -0.505 e. The quantitative estimate of drug-likeness (QED) is 0.584. The van der Waals surface area contributed by atoms with Gasteiger partial charge in [-0.3, -0.25) is 4.72 Å². The SMILES string of the molecule is O=S(=O)(Nc1cc(Cl)cc(-c2nccs2)c1)c1cc(Cl)cc(Cl)c1O. The first-order valence-corrected chi connectivity index (χ1v) is 10.2. The minimum atomic E-state index is -4.14. The Balaban J connectivity index is 2.02. The van der Waals surface area contributed by atoms with Crippen molar-refractivity contribution in [3.8, 4) is 16.3 Å². The molecule has 0 saturated heterocycles. The highest BCUT2D eigenvalue weighted by Gasteiger charge is 2.22. The Morgan fingerprint density at radius 1 is 1.04 bits per heavy atom. The van der Waals surface area contributed by atoms with Crippen LogP contribution in [0.4, 0.5) is 5.69 Å². The van der Waals surface area contributed by atoms with E-state index in [4.69, 9.17) is 34.8 Å². The number of anilines is 1. The number of rotatable bonds is 4.